The zero-order valence-electron chi connectivity index (χ0n) is 15.9. The van der Waals surface area contributed by atoms with E-state index < -0.39 is 30.4 Å². The third kappa shape index (κ3) is 6.14. The Kier molecular flexibility index (Phi) is 6.89. The maximum absolute atomic E-state index is 13.1. The molecule has 8 nitrogen and oxygen atoms in total. The smallest absolute Gasteiger partial charge is 0.422 e. The molecule has 3 rings (SSSR count). The van der Waals surface area contributed by atoms with Crippen molar-refractivity contribution in [2.75, 3.05) is 11.9 Å². The Balaban J connectivity index is 1.58. The highest BCUT2D eigenvalue weighted by atomic mass is 35.5. The van der Waals surface area contributed by atoms with Crippen molar-refractivity contribution < 1.29 is 31.6 Å². The number of alkyl halides is 3. The second kappa shape index (κ2) is 9.61. The summed E-state index contributed by atoms with van der Waals surface area (Å²) in [4.78, 5) is 19.9. The SMILES string of the molecule is N#Cc1cc(NC(=O)CCc2nc(-c3ccc(F)cc3Cl)no2)cnc1OCC(F)(F)F. The van der Waals surface area contributed by atoms with E-state index >= 15 is 0 Å². The van der Waals surface area contributed by atoms with E-state index in [0.717, 1.165) is 18.3 Å². The number of nitrogens with one attached hydrogen (secondary N) is 1. The molecule has 0 aliphatic rings. The molecule has 0 spiro atoms. The average molecular weight is 470 g/mol. The van der Waals surface area contributed by atoms with Crippen LogP contribution in [0.2, 0.25) is 5.02 Å². The van der Waals surface area contributed by atoms with Crippen LogP contribution in [-0.2, 0) is 11.2 Å². The molecular weight excluding hydrogens is 458 g/mol. The van der Waals surface area contributed by atoms with Gasteiger partial charge in [0, 0.05) is 18.4 Å². The number of pyridine rings is 1. The van der Waals surface area contributed by atoms with E-state index in [0.29, 0.717) is 5.56 Å². The predicted molar refractivity (Wildman–Crippen MR) is 102 cm³/mol. The van der Waals surface area contributed by atoms with E-state index in [1.807, 2.05) is 0 Å². The molecule has 1 aromatic carbocycles. The van der Waals surface area contributed by atoms with Crippen molar-refractivity contribution in [3.8, 4) is 23.3 Å². The molecule has 2 aromatic heterocycles. The molecule has 0 bridgehead atoms. The number of ether oxygens (including phenoxy) is 1. The van der Waals surface area contributed by atoms with Gasteiger partial charge in [-0.3, -0.25) is 4.79 Å². The summed E-state index contributed by atoms with van der Waals surface area (Å²) in [5.74, 6) is -1.27. The summed E-state index contributed by atoms with van der Waals surface area (Å²) in [6.07, 6.45) is -3.56. The van der Waals surface area contributed by atoms with Crippen LogP contribution in [0, 0.1) is 17.1 Å². The average Bonchev–Trinajstić information content (AvgIpc) is 3.19. The zero-order chi connectivity index (χ0) is 23.3. The minimum atomic E-state index is -4.59. The van der Waals surface area contributed by atoms with E-state index in [1.54, 1.807) is 6.07 Å². The lowest BCUT2D eigenvalue weighted by Crippen LogP contribution is -2.20. The van der Waals surface area contributed by atoms with Crippen molar-refractivity contribution in [1.82, 2.24) is 15.1 Å². The lowest BCUT2D eigenvalue weighted by molar-refractivity contribution is -0.154. The molecule has 166 valence electrons. The Bertz CT molecular complexity index is 1180. The van der Waals surface area contributed by atoms with Gasteiger partial charge >= 0.3 is 6.18 Å². The second-order valence-corrected chi connectivity index (χ2v) is 6.68. The van der Waals surface area contributed by atoms with Gasteiger partial charge < -0.3 is 14.6 Å². The maximum Gasteiger partial charge on any atom is 0.422 e. The molecular formula is C19H12ClF4N5O3. The van der Waals surface area contributed by atoms with Crippen LogP contribution < -0.4 is 10.1 Å². The molecule has 3 aromatic rings. The van der Waals surface area contributed by atoms with Gasteiger partial charge in [-0.25, -0.2) is 9.37 Å². The van der Waals surface area contributed by atoms with Gasteiger partial charge in [0.2, 0.25) is 23.5 Å². The van der Waals surface area contributed by atoms with Gasteiger partial charge in [0.1, 0.15) is 17.4 Å². The molecule has 13 heteroatoms. The molecule has 1 N–H and O–H groups in total. The number of nitrogens with zero attached hydrogens (tertiary/aromatic N) is 4. The molecule has 0 atom stereocenters. The molecule has 0 radical (unpaired) electrons. The Morgan fingerprint density at radius 1 is 1.31 bits per heavy atom. The Morgan fingerprint density at radius 3 is 2.78 bits per heavy atom. The van der Waals surface area contributed by atoms with Crippen LogP contribution in [0.25, 0.3) is 11.4 Å². The largest absolute Gasteiger partial charge is 0.467 e. The molecule has 0 fully saturated rings. The van der Waals surface area contributed by atoms with Gasteiger partial charge in [-0.2, -0.15) is 23.4 Å². The molecule has 0 unspecified atom stereocenters. The first-order valence-electron chi connectivity index (χ1n) is 8.82. The topological polar surface area (TPSA) is 114 Å². The number of benzene rings is 1. The van der Waals surface area contributed by atoms with Crippen LogP contribution in [0.4, 0.5) is 23.2 Å². The fourth-order valence-electron chi connectivity index (χ4n) is 2.45. The number of carbonyl (C=O) groups is 1. The molecule has 2 heterocycles. The van der Waals surface area contributed by atoms with Crippen LogP contribution in [-0.4, -0.2) is 33.8 Å². The predicted octanol–water partition coefficient (Wildman–Crippen LogP) is 4.31. The first kappa shape index (κ1) is 23.0. The third-order valence-electron chi connectivity index (χ3n) is 3.83. The van der Waals surface area contributed by atoms with Gasteiger partial charge in [-0.1, -0.05) is 16.8 Å². The van der Waals surface area contributed by atoms with Crippen LogP contribution in [0.15, 0.2) is 35.0 Å². The molecule has 0 saturated heterocycles. The summed E-state index contributed by atoms with van der Waals surface area (Å²) in [6.45, 7) is -1.60. The van der Waals surface area contributed by atoms with Crippen LogP contribution in [0.3, 0.4) is 0 Å². The fraction of sp³-hybridized carbons (Fsp3) is 0.211. The van der Waals surface area contributed by atoms with Crippen molar-refractivity contribution in [3.05, 3.63) is 52.8 Å². The lowest BCUT2D eigenvalue weighted by Gasteiger charge is -2.10. The van der Waals surface area contributed by atoms with Crippen LogP contribution >= 0.6 is 11.6 Å². The van der Waals surface area contributed by atoms with Gasteiger partial charge in [0.15, 0.2) is 6.61 Å². The molecule has 0 saturated carbocycles. The first-order valence-corrected chi connectivity index (χ1v) is 9.20. The number of nitriles is 1. The summed E-state index contributed by atoms with van der Waals surface area (Å²) in [5, 5.41) is 15.4. The monoisotopic (exact) mass is 469 g/mol. The minimum Gasteiger partial charge on any atom is -0.467 e. The Hall–Kier alpha value is -3.72. The fourth-order valence-corrected chi connectivity index (χ4v) is 2.70. The minimum absolute atomic E-state index is 0.0585. The number of hydrogen-bond donors (Lipinski definition) is 1. The summed E-state index contributed by atoms with van der Waals surface area (Å²) in [6, 6.07) is 6.47. The van der Waals surface area contributed by atoms with E-state index in [-0.39, 0.29) is 40.8 Å². The quantitative estimate of drug-likeness (QED) is 0.513. The summed E-state index contributed by atoms with van der Waals surface area (Å²) in [5.41, 5.74) is 0.176. The molecule has 32 heavy (non-hydrogen) atoms. The normalized spacial score (nSPS) is 11.1. The molecule has 0 aliphatic heterocycles. The molecule has 1 amide bonds. The second-order valence-electron chi connectivity index (χ2n) is 6.28. The third-order valence-corrected chi connectivity index (χ3v) is 4.15. The van der Waals surface area contributed by atoms with E-state index in [9.17, 15) is 22.4 Å². The molecule has 0 aliphatic carbocycles. The number of carbonyl (C=O) groups excluding carboxylic acids is 1. The first-order chi connectivity index (χ1) is 15.1. The zero-order valence-corrected chi connectivity index (χ0v) is 16.7. The number of halogens is 5. The van der Waals surface area contributed by atoms with E-state index in [4.69, 9.17) is 21.4 Å². The summed E-state index contributed by atoms with van der Waals surface area (Å²) in [7, 11) is 0. The summed E-state index contributed by atoms with van der Waals surface area (Å²) < 4.78 is 59.4. The van der Waals surface area contributed by atoms with Crippen molar-refractivity contribution in [1.29, 1.82) is 5.26 Å². The lowest BCUT2D eigenvalue weighted by atomic mass is 10.2. The number of anilines is 1. The highest BCUT2D eigenvalue weighted by Gasteiger charge is 2.29. The van der Waals surface area contributed by atoms with Crippen molar-refractivity contribution in [2.24, 2.45) is 0 Å². The van der Waals surface area contributed by atoms with E-state index in [2.05, 4.69) is 25.2 Å². The summed E-state index contributed by atoms with van der Waals surface area (Å²) >= 11 is 5.95. The highest BCUT2D eigenvalue weighted by molar-refractivity contribution is 6.33. The standard InChI is InChI=1S/C19H12ClF4N5O3/c20-14-6-11(21)1-2-13(14)17-28-16(32-29-17)4-3-15(30)27-12-5-10(7-25)18(26-8-12)31-9-19(22,23)24/h1-2,5-6,8H,3-4,9H2,(H,27,30). The van der Waals surface area contributed by atoms with Crippen LogP contribution in [0.1, 0.15) is 17.9 Å². The highest BCUT2D eigenvalue weighted by Crippen LogP contribution is 2.26. The number of aromatic nitrogens is 3. The van der Waals surface area contributed by atoms with Gasteiger partial charge in [-0.15, -0.1) is 0 Å². The van der Waals surface area contributed by atoms with Gasteiger partial charge in [0.05, 0.1) is 16.9 Å². The Labute approximate surface area is 182 Å². The van der Waals surface area contributed by atoms with Crippen molar-refractivity contribution >= 4 is 23.2 Å². The number of amides is 1. The van der Waals surface area contributed by atoms with Crippen molar-refractivity contribution in [2.45, 2.75) is 19.0 Å². The number of aryl methyl sites for hydroxylation is 1. The van der Waals surface area contributed by atoms with Gasteiger partial charge in [0.25, 0.3) is 0 Å². The van der Waals surface area contributed by atoms with Crippen molar-refractivity contribution in [3.63, 3.8) is 0 Å². The Morgan fingerprint density at radius 2 is 2.09 bits per heavy atom. The maximum atomic E-state index is 13.1. The van der Waals surface area contributed by atoms with E-state index in [1.165, 1.54) is 12.1 Å². The van der Waals surface area contributed by atoms with Gasteiger partial charge in [-0.05, 0) is 24.3 Å². The van der Waals surface area contributed by atoms with Crippen LogP contribution in [0.5, 0.6) is 5.88 Å². The number of hydrogen-bond acceptors (Lipinski definition) is 7. The number of rotatable bonds is 7.